The highest BCUT2D eigenvalue weighted by molar-refractivity contribution is 5.22. The Kier molecular flexibility index (Phi) is 4.84. The Morgan fingerprint density at radius 2 is 0.962 bits per heavy atom. The summed E-state index contributed by atoms with van der Waals surface area (Å²) in [5.41, 5.74) is 2.45. The van der Waals surface area contributed by atoms with Crippen LogP contribution in [0.2, 0.25) is 0 Å². The summed E-state index contributed by atoms with van der Waals surface area (Å²) in [5.74, 6) is 0. The first-order valence-corrected chi connectivity index (χ1v) is 9.42. The molecule has 138 valence electrons. The number of ether oxygens (including phenoxy) is 2. The second kappa shape index (κ2) is 7.12. The van der Waals surface area contributed by atoms with Gasteiger partial charge in [0.2, 0.25) is 0 Å². The van der Waals surface area contributed by atoms with Crippen molar-refractivity contribution in [2.45, 2.75) is 50.6 Å². The van der Waals surface area contributed by atoms with E-state index in [1.807, 2.05) is 12.1 Å². The zero-order valence-electron chi connectivity index (χ0n) is 15.9. The van der Waals surface area contributed by atoms with Crippen LogP contribution >= 0.6 is 0 Å². The van der Waals surface area contributed by atoms with Crippen LogP contribution in [-0.4, -0.2) is 48.4 Å². The van der Waals surface area contributed by atoms with Crippen LogP contribution in [0.4, 0.5) is 0 Å². The van der Waals surface area contributed by atoms with Crippen LogP contribution in [-0.2, 0) is 9.47 Å². The molecule has 2 saturated heterocycles. The van der Waals surface area contributed by atoms with Crippen molar-refractivity contribution in [3.8, 4) is 0 Å². The summed E-state index contributed by atoms with van der Waals surface area (Å²) in [5, 5.41) is 0. The van der Waals surface area contributed by atoms with Gasteiger partial charge in [-0.05, 0) is 39.1 Å². The molecule has 2 unspecified atom stereocenters. The third-order valence-electron chi connectivity index (χ3n) is 6.04. The van der Waals surface area contributed by atoms with E-state index in [-0.39, 0.29) is 24.7 Å². The van der Waals surface area contributed by atoms with Gasteiger partial charge in [0.1, 0.15) is 12.2 Å². The first-order valence-electron chi connectivity index (χ1n) is 9.42. The number of hydrogen-bond donors (Lipinski definition) is 0. The molecule has 2 aromatic rings. The lowest BCUT2D eigenvalue weighted by Gasteiger charge is -2.30. The maximum absolute atomic E-state index is 6.52. The molecule has 0 spiro atoms. The second-order valence-corrected chi connectivity index (χ2v) is 7.53. The summed E-state index contributed by atoms with van der Waals surface area (Å²) in [7, 11) is 4.27. The standard InChI is InChI=1S/C22H28N2O2/c1-15-19(17-11-7-5-8-12-17)25-21(23(15)3)22-24(4)16(2)20(26-22)18-13-9-6-10-14-18/h5-16,19-22H,1-4H3/t15-,16-,19+,20+,21?,22?/m1/s1. The summed E-state index contributed by atoms with van der Waals surface area (Å²) < 4.78 is 13.0. The molecule has 2 aliphatic heterocycles. The van der Waals surface area contributed by atoms with Gasteiger partial charge in [0.25, 0.3) is 0 Å². The molecular weight excluding hydrogens is 324 g/mol. The van der Waals surface area contributed by atoms with E-state index in [2.05, 4.69) is 86.3 Å². The number of benzene rings is 2. The number of rotatable bonds is 3. The van der Waals surface area contributed by atoms with Crippen molar-refractivity contribution >= 4 is 0 Å². The highest BCUT2D eigenvalue weighted by atomic mass is 16.6. The van der Waals surface area contributed by atoms with Crippen LogP contribution < -0.4 is 0 Å². The van der Waals surface area contributed by atoms with Gasteiger partial charge in [0.05, 0.1) is 0 Å². The normalized spacial score (nSPS) is 35.8. The first kappa shape index (κ1) is 17.7. The van der Waals surface area contributed by atoms with Crippen molar-refractivity contribution in [2.24, 2.45) is 0 Å². The monoisotopic (exact) mass is 352 g/mol. The molecule has 4 nitrogen and oxygen atoms in total. The maximum Gasteiger partial charge on any atom is 0.151 e. The van der Waals surface area contributed by atoms with E-state index in [0.717, 1.165) is 0 Å². The van der Waals surface area contributed by atoms with Crippen LogP contribution in [0.5, 0.6) is 0 Å². The van der Waals surface area contributed by atoms with Crippen molar-refractivity contribution in [3.63, 3.8) is 0 Å². The second-order valence-electron chi connectivity index (χ2n) is 7.53. The zero-order chi connectivity index (χ0) is 18.3. The van der Waals surface area contributed by atoms with Crippen molar-refractivity contribution in [1.82, 2.24) is 9.80 Å². The molecule has 0 N–H and O–H groups in total. The van der Waals surface area contributed by atoms with Gasteiger partial charge in [0, 0.05) is 12.1 Å². The van der Waals surface area contributed by atoms with E-state index in [1.165, 1.54) is 11.1 Å². The minimum absolute atomic E-state index is 0.0641. The van der Waals surface area contributed by atoms with Crippen molar-refractivity contribution < 1.29 is 9.47 Å². The quantitative estimate of drug-likeness (QED) is 0.838. The molecule has 0 aromatic heterocycles. The van der Waals surface area contributed by atoms with E-state index in [9.17, 15) is 0 Å². The molecule has 2 heterocycles. The lowest BCUT2D eigenvalue weighted by molar-refractivity contribution is -0.134. The van der Waals surface area contributed by atoms with Crippen LogP contribution in [0, 0.1) is 0 Å². The van der Waals surface area contributed by atoms with Crippen LogP contribution in [0.25, 0.3) is 0 Å². The van der Waals surface area contributed by atoms with Crippen molar-refractivity contribution in [1.29, 1.82) is 0 Å². The van der Waals surface area contributed by atoms with Crippen LogP contribution in [0.3, 0.4) is 0 Å². The Balaban J connectivity index is 1.56. The highest BCUT2D eigenvalue weighted by Crippen LogP contribution is 2.41. The van der Waals surface area contributed by atoms with E-state index in [1.54, 1.807) is 0 Å². The predicted molar refractivity (Wildman–Crippen MR) is 103 cm³/mol. The summed E-state index contributed by atoms with van der Waals surface area (Å²) in [6, 6.07) is 21.6. The zero-order valence-corrected chi connectivity index (χ0v) is 15.9. The summed E-state index contributed by atoms with van der Waals surface area (Å²) in [6.07, 6.45) is -0.0451. The lowest BCUT2D eigenvalue weighted by Crippen LogP contribution is -2.47. The first-order chi connectivity index (χ1) is 12.6. The van der Waals surface area contributed by atoms with Gasteiger partial charge in [-0.3, -0.25) is 9.80 Å². The van der Waals surface area contributed by atoms with Crippen LogP contribution in [0.1, 0.15) is 37.2 Å². The topological polar surface area (TPSA) is 24.9 Å². The molecule has 0 aliphatic carbocycles. The fourth-order valence-electron chi connectivity index (χ4n) is 4.15. The van der Waals surface area contributed by atoms with E-state index < -0.39 is 0 Å². The van der Waals surface area contributed by atoms with E-state index >= 15 is 0 Å². The molecule has 26 heavy (non-hydrogen) atoms. The Labute approximate surface area is 156 Å². The summed E-state index contributed by atoms with van der Waals surface area (Å²) in [4.78, 5) is 4.61. The highest BCUT2D eigenvalue weighted by Gasteiger charge is 2.49. The minimum Gasteiger partial charge on any atom is -0.349 e. The molecule has 4 rings (SSSR count). The molecule has 2 fully saturated rings. The number of likely N-dealkylation sites (N-methyl/N-ethyl adjacent to an activating group) is 2. The molecule has 2 aromatic carbocycles. The Bertz CT molecular complexity index is 660. The van der Waals surface area contributed by atoms with Gasteiger partial charge < -0.3 is 9.47 Å². The number of nitrogens with zero attached hydrogens (tertiary/aromatic N) is 2. The Hall–Kier alpha value is -1.72. The molecule has 0 saturated carbocycles. The summed E-state index contributed by atoms with van der Waals surface area (Å²) >= 11 is 0. The molecule has 0 bridgehead atoms. The SMILES string of the molecule is C[C@@H]1[C@@H](c2ccccc2)OC(C2O[C@H](c3ccccc3)[C@@H](C)N2C)N1C. The third kappa shape index (κ3) is 2.97. The van der Waals surface area contributed by atoms with Gasteiger partial charge >= 0.3 is 0 Å². The smallest absolute Gasteiger partial charge is 0.151 e. The van der Waals surface area contributed by atoms with Gasteiger partial charge in [-0.25, -0.2) is 0 Å². The van der Waals surface area contributed by atoms with Crippen molar-refractivity contribution in [2.75, 3.05) is 14.1 Å². The largest absolute Gasteiger partial charge is 0.349 e. The third-order valence-corrected chi connectivity index (χ3v) is 6.04. The average Bonchev–Trinajstić information content (AvgIpc) is 3.14. The van der Waals surface area contributed by atoms with Crippen molar-refractivity contribution in [3.05, 3.63) is 71.8 Å². The maximum atomic E-state index is 6.52. The summed E-state index contributed by atoms with van der Waals surface area (Å²) in [6.45, 7) is 4.45. The van der Waals surface area contributed by atoms with E-state index in [4.69, 9.17) is 9.47 Å². The molecule has 4 heteroatoms. The van der Waals surface area contributed by atoms with Gasteiger partial charge in [0.15, 0.2) is 12.5 Å². The van der Waals surface area contributed by atoms with Gasteiger partial charge in [-0.1, -0.05) is 60.7 Å². The molecule has 6 atom stereocenters. The lowest BCUT2D eigenvalue weighted by atomic mass is 10.0. The predicted octanol–water partition coefficient (Wildman–Crippen LogP) is 3.82. The molecule has 2 aliphatic rings. The fraction of sp³-hybridized carbons (Fsp3) is 0.455. The van der Waals surface area contributed by atoms with Crippen LogP contribution in [0.15, 0.2) is 60.7 Å². The average molecular weight is 352 g/mol. The molecular formula is C22H28N2O2. The van der Waals surface area contributed by atoms with E-state index in [0.29, 0.717) is 12.1 Å². The number of hydrogen-bond acceptors (Lipinski definition) is 4. The Morgan fingerprint density at radius 1 is 0.615 bits per heavy atom. The van der Waals surface area contributed by atoms with Gasteiger partial charge in [-0.2, -0.15) is 0 Å². The fourth-order valence-corrected chi connectivity index (χ4v) is 4.15. The Morgan fingerprint density at radius 3 is 1.31 bits per heavy atom. The molecule has 0 radical (unpaired) electrons. The molecule has 0 amide bonds. The minimum atomic E-state index is -0.0867. The van der Waals surface area contributed by atoms with Gasteiger partial charge in [-0.15, -0.1) is 0 Å².